The van der Waals surface area contributed by atoms with Crippen molar-refractivity contribution in [3.63, 3.8) is 0 Å². The van der Waals surface area contributed by atoms with E-state index < -0.39 is 40.9 Å². The van der Waals surface area contributed by atoms with Crippen molar-refractivity contribution in [2.45, 2.75) is 13.0 Å². The fourth-order valence-corrected chi connectivity index (χ4v) is 3.01. The quantitative estimate of drug-likeness (QED) is 0.256. The molecule has 0 spiro atoms. The Labute approximate surface area is 191 Å². The number of rotatable bonds is 8. The van der Waals surface area contributed by atoms with Crippen molar-refractivity contribution in [3.05, 3.63) is 65.1 Å². The molecule has 0 bridgehead atoms. The Balaban J connectivity index is 1.81. The highest BCUT2D eigenvalue weighted by molar-refractivity contribution is 6.29. The SMILES string of the molecule is C=CCONC(=O)c1cc(F)c(NC(=O)Nc2cnc3cc(Cl)nn3c2[C@H](C)OC)cc1F. The Morgan fingerprint density at radius 3 is 2.67 bits per heavy atom. The number of urea groups is 1. The number of hydrogen-bond acceptors (Lipinski definition) is 6. The van der Waals surface area contributed by atoms with Gasteiger partial charge in [0.15, 0.2) is 10.8 Å². The topological polar surface area (TPSA) is 119 Å². The smallest absolute Gasteiger partial charge is 0.323 e. The third-order valence-electron chi connectivity index (χ3n) is 4.39. The van der Waals surface area contributed by atoms with Crippen LogP contribution in [0.5, 0.6) is 0 Å². The number of halogens is 3. The lowest BCUT2D eigenvalue weighted by atomic mass is 10.1. The number of nitrogens with one attached hydrogen (secondary N) is 3. The monoisotopic (exact) mass is 480 g/mol. The summed E-state index contributed by atoms with van der Waals surface area (Å²) in [7, 11) is 1.46. The van der Waals surface area contributed by atoms with E-state index in [4.69, 9.17) is 21.2 Å². The molecular weight excluding hydrogens is 462 g/mol. The number of methoxy groups -OCH3 is 1. The molecule has 3 aromatic rings. The van der Waals surface area contributed by atoms with E-state index in [9.17, 15) is 18.4 Å². The molecule has 10 nitrogen and oxygen atoms in total. The van der Waals surface area contributed by atoms with Gasteiger partial charge in [-0.2, -0.15) is 5.10 Å². The van der Waals surface area contributed by atoms with E-state index in [1.807, 2.05) is 5.48 Å². The van der Waals surface area contributed by atoms with Gasteiger partial charge in [0.1, 0.15) is 11.6 Å². The number of fused-ring (bicyclic) bond motifs is 1. The summed E-state index contributed by atoms with van der Waals surface area (Å²) in [4.78, 5) is 33.3. The van der Waals surface area contributed by atoms with Gasteiger partial charge in [-0.15, -0.1) is 6.58 Å². The fourth-order valence-electron chi connectivity index (χ4n) is 2.84. The van der Waals surface area contributed by atoms with Gasteiger partial charge in [0.2, 0.25) is 0 Å². The van der Waals surface area contributed by atoms with Crippen LogP contribution in [0.1, 0.15) is 29.1 Å². The number of hydrogen-bond donors (Lipinski definition) is 3. The van der Waals surface area contributed by atoms with Gasteiger partial charge in [-0.25, -0.2) is 28.6 Å². The number of carbonyl (C=O) groups excluding carboxylic acids is 2. The van der Waals surface area contributed by atoms with Crippen LogP contribution in [-0.4, -0.2) is 40.3 Å². The lowest BCUT2D eigenvalue weighted by Gasteiger charge is -2.17. The molecule has 0 radical (unpaired) electrons. The number of ether oxygens (including phenoxy) is 1. The van der Waals surface area contributed by atoms with Gasteiger partial charge in [-0.05, 0) is 13.0 Å². The Hall–Kier alpha value is -3.61. The van der Waals surface area contributed by atoms with Gasteiger partial charge < -0.3 is 15.4 Å². The van der Waals surface area contributed by atoms with E-state index in [-0.39, 0.29) is 17.4 Å². The minimum absolute atomic E-state index is 0.0231. The largest absolute Gasteiger partial charge is 0.375 e. The van der Waals surface area contributed by atoms with E-state index in [0.29, 0.717) is 23.5 Å². The first-order valence-electron chi connectivity index (χ1n) is 9.42. The summed E-state index contributed by atoms with van der Waals surface area (Å²) in [5.74, 6) is -3.12. The van der Waals surface area contributed by atoms with Crippen molar-refractivity contribution in [2.24, 2.45) is 0 Å². The normalized spacial score (nSPS) is 11.8. The van der Waals surface area contributed by atoms with Crippen LogP contribution in [0.2, 0.25) is 5.15 Å². The standard InChI is InChI=1S/C20H19ClF2N6O4/c1-4-5-33-28-19(30)11-6-13(23)14(7-12(11)22)25-20(31)26-15-9-24-17-8-16(21)27-29(17)18(15)10(2)32-3/h4,6-10H,1,5H2,2-3H3,(H,28,30)(H2,25,26,31)/t10-/m0/s1. The predicted octanol–water partition coefficient (Wildman–Crippen LogP) is 3.86. The number of nitrogens with zero attached hydrogens (tertiary/aromatic N) is 3. The molecule has 33 heavy (non-hydrogen) atoms. The van der Waals surface area contributed by atoms with Crippen molar-refractivity contribution < 1.29 is 27.9 Å². The third-order valence-corrected chi connectivity index (χ3v) is 4.58. The molecular formula is C20H19ClF2N6O4. The second kappa shape index (κ2) is 10.3. The molecule has 2 heterocycles. The summed E-state index contributed by atoms with van der Waals surface area (Å²) in [6, 6.07) is 1.93. The Bertz CT molecular complexity index is 1220. The Morgan fingerprint density at radius 1 is 1.24 bits per heavy atom. The number of carbonyl (C=O) groups is 2. The van der Waals surface area contributed by atoms with Gasteiger partial charge >= 0.3 is 6.03 Å². The number of amides is 3. The van der Waals surface area contributed by atoms with Crippen LogP contribution >= 0.6 is 11.6 Å². The van der Waals surface area contributed by atoms with E-state index in [0.717, 1.165) is 0 Å². The first-order valence-corrected chi connectivity index (χ1v) is 9.80. The van der Waals surface area contributed by atoms with Gasteiger partial charge in [0, 0.05) is 19.2 Å². The lowest BCUT2D eigenvalue weighted by molar-refractivity contribution is 0.0417. The molecule has 3 rings (SSSR count). The van der Waals surface area contributed by atoms with Crippen molar-refractivity contribution >= 4 is 40.6 Å². The molecule has 0 saturated carbocycles. The minimum atomic E-state index is -1.07. The van der Waals surface area contributed by atoms with E-state index in [2.05, 4.69) is 27.3 Å². The number of aromatic nitrogens is 3. The van der Waals surface area contributed by atoms with E-state index in [1.165, 1.54) is 30.0 Å². The Kier molecular flexibility index (Phi) is 7.53. The maximum Gasteiger partial charge on any atom is 0.323 e. The average Bonchev–Trinajstić information content (AvgIpc) is 3.15. The van der Waals surface area contributed by atoms with Gasteiger partial charge in [0.25, 0.3) is 5.91 Å². The number of benzene rings is 1. The zero-order valence-electron chi connectivity index (χ0n) is 17.5. The van der Waals surface area contributed by atoms with Crippen LogP contribution in [0.3, 0.4) is 0 Å². The van der Waals surface area contributed by atoms with Crippen LogP contribution in [0, 0.1) is 11.6 Å². The van der Waals surface area contributed by atoms with Gasteiger partial charge in [0.05, 0.1) is 41.5 Å². The molecule has 3 N–H and O–H groups in total. The summed E-state index contributed by atoms with van der Waals surface area (Å²) in [6.07, 6.45) is 2.18. The predicted molar refractivity (Wildman–Crippen MR) is 116 cm³/mol. The maximum atomic E-state index is 14.4. The van der Waals surface area contributed by atoms with E-state index >= 15 is 0 Å². The number of hydroxylamine groups is 1. The molecule has 0 saturated heterocycles. The molecule has 0 aliphatic heterocycles. The molecule has 1 atom stereocenters. The zero-order chi connectivity index (χ0) is 24.1. The molecule has 1 aromatic carbocycles. The summed E-state index contributed by atoms with van der Waals surface area (Å²) < 4.78 is 35.5. The average molecular weight is 481 g/mol. The molecule has 174 valence electrons. The van der Waals surface area contributed by atoms with Crippen molar-refractivity contribution in [2.75, 3.05) is 24.4 Å². The van der Waals surface area contributed by atoms with Crippen molar-refractivity contribution in [1.82, 2.24) is 20.1 Å². The van der Waals surface area contributed by atoms with E-state index in [1.54, 1.807) is 6.92 Å². The fraction of sp³-hybridized carbons (Fsp3) is 0.200. The third kappa shape index (κ3) is 5.42. The first-order chi connectivity index (χ1) is 15.7. The van der Waals surface area contributed by atoms with Crippen molar-refractivity contribution in [3.8, 4) is 0 Å². The summed E-state index contributed by atoms with van der Waals surface area (Å²) in [5, 5.41) is 8.99. The van der Waals surface area contributed by atoms with Crippen LogP contribution in [0.15, 0.2) is 37.1 Å². The van der Waals surface area contributed by atoms with Crippen LogP contribution < -0.4 is 16.1 Å². The maximum absolute atomic E-state index is 14.4. The molecule has 0 aliphatic carbocycles. The Morgan fingerprint density at radius 2 is 1.97 bits per heavy atom. The summed E-state index contributed by atoms with van der Waals surface area (Å²) in [5.41, 5.74) is 1.88. The molecule has 2 aromatic heterocycles. The molecule has 13 heteroatoms. The second-order valence-electron chi connectivity index (χ2n) is 6.59. The highest BCUT2D eigenvalue weighted by atomic mass is 35.5. The van der Waals surface area contributed by atoms with Crippen LogP contribution in [-0.2, 0) is 9.57 Å². The molecule has 0 aliphatic rings. The number of anilines is 2. The van der Waals surface area contributed by atoms with Gasteiger partial charge in [-0.3, -0.25) is 9.63 Å². The highest BCUT2D eigenvalue weighted by Gasteiger charge is 2.21. The first kappa shape index (κ1) is 24.0. The molecule has 0 fully saturated rings. The lowest BCUT2D eigenvalue weighted by Crippen LogP contribution is -2.26. The highest BCUT2D eigenvalue weighted by Crippen LogP contribution is 2.27. The second-order valence-corrected chi connectivity index (χ2v) is 6.98. The minimum Gasteiger partial charge on any atom is -0.375 e. The van der Waals surface area contributed by atoms with Crippen molar-refractivity contribution in [1.29, 1.82) is 0 Å². The van der Waals surface area contributed by atoms with Crippen LogP contribution in [0.25, 0.3) is 5.65 Å². The molecule has 0 unspecified atom stereocenters. The van der Waals surface area contributed by atoms with Crippen LogP contribution in [0.4, 0.5) is 25.0 Å². The molecule has 3 amide bonds. The zero-order valence-corrected chi connectivity index (χ0v) is 18.2. The van der Waals surface area contributed by atoms with Gasteiger partial charge in [-0.1, -0.05) is 17.7 Å². The summed E-state index contributed by atoms with van der Waals surface area (Å²) in [6.45, 7) is 5.08. The summed E-state index contributed by atoms with van der Waals surface area (Å²) >= 11 is 5.94.